The van der Waals surface area contributed by atoms with Crippen LogP contribution in [0.15, 0.2) is 54.6 Å². The first kappa shape index (κ1) is 25.3. The molecule has 6 heteroatoms. The van der Waals surface area contributed by atoms with Crippen molar-refractivity contribution in [3.63, 3.8) is 0 Å². The molecule has 0 N–H and O–H groups in total. The van der Waals surface area contributed by atoms with Crippen LogP contribution in [0, 0.1) is 5.41 Å². The SMILES string of the molecule is CCCC(OC(F)(F)F)C1(CCC)CCC(OC(=O)c2ccc(-c3ccccc3)cc2)CC1. The predicted octanol–water partition coefficient (Wildman–Crippen LogP) is 7.94. The summed E-state index contributed by atoms with van der Waals surface area (Å²) in [6.45, 7) is 3.87. The van der Waals surface area contributed by atoms with Crippen molar-refractivity contribution in [1.29, 1.82) is 0 Å². The lowest BCUT2D eigenvalue weighted by Gasteiger charge is -2.45. The minimum atomic E-state index is -4.64. The molecule has 0 saturated heterocycles. The zero-order chi connectivity index (χ0) is 23.9. The van der Waals surface area contributed by atoms with Gasteiger partial charge in [-0.3, -0.25) is 4.74 Å². The second-order valence-electron chi connectivity index (χ2n) is 9.00. The number of esters is 1. The van der Waals surface area contributed by atoms with E-state index in [1.165, 1.54) is 0 Å². The molecule has 0 radical (unpaired) electrons. The van der Waals surface area contributed by atoms with Crippen LogP contribution in [-0.4, -0.2) is 24.5 Å². The van der Waals surface area contributed by atoms with Gasteiger partial charge in [-0.15, -0.1) is 13.2 Å². The zero-order valence-electron chi connectivity index (χ0n) is 19.4. The predicted molar refractivity (Wildman–Crippen MR) is 123 cm³/mol. The summed E-state index contributed by atoms with van der Waals surface area (Å²) in [6, 6.07) is 17.2. The normalized spacial score (nSPS) is 22.0. The summed E-state index contributed by atoms with van der Waals surface area (Å²) in [5, 5.41) is 0. The fourth-order valence-corrected chi connectivity index (χ4v) is 5.08. The molecule has 1 saturated carbocycles. The number of ether oxygens (including phenoxy) is 2. The molecule has 0 aromatic heterocycles. The summed E-state index contributed by atoms with van der Waals surface area (Å²) in [6.07, 6.45) is -1.09. The maximum Gasteiger partial charge on any atom is 0.522 e. The number of carbonyl (C=O) groups is 1. The van der Waals surface area contributed by atoms with E-state index in [2.05, 4.69) is 4.74 Å². The third-order valence-electron chi connectivity index (χ3n) is 6.69. The van der Waals surface area contributed by atoms with Gasteiger partial charge in [0.15, 0.2) is 0 Å². The molecule has 1 aliphatic rings. The standard InChI is InChI=1S/C27H33F3O3/c1-3-8-24(33-27(28,29)30)26(17-4-2)18-15-23(16-19-26)32-25(31)22-13-11-21(12-14-22)20-9-6-5-7-10-20/h5-7,9-14,23-24H,3-4,8,15-19H2,1-2H3. The topological polar surface area (TPSA) is 35.5 Å². The minimum Gasteiger partial charge on any atom is -0.459 e. The Morgan fingerprint density at radius 3 is 2.12 bits per heavy atom. The van der Waals surface area contributed by atoms with E-state index in [1.54, 1.807) is 12.1 Å². The molecule has 0 heterocycles. The van der Waals surface area contributed by atoms with Crippen molar-refractivity contribution in [2.45, 2.75) is 83.8 Å². The van der Waals surface area contributed by atoms with Crippen molar-refractivity contribution in [1.82, 2.24) is 0 Å². The highest BCUT2D eigenvalue weighted by Crippen LogP contribution is 2.48. The molecule has 0 amide bonds. The summed E-state index contributed by atoms with van der Waals surface area (Å²) < 4.78 is 49.6. The fourth-order valence-electron chi connectivity index (χ4n) is 5.08. The van der Waals surface area contributed by atoms with Gasteiger partial charge < -0.3 is 4.74 Å². The summed E-state index contributed by atoms with van der Waals surface area (Å²) in [5.41, 5.74) is 2.03. The van der Waals surface area contributed by atoms with Crippen molar-refractivity contribution in [2.24, 2.45) is 5.41 Å². The summed E-state index contributed by atoms with van der Waals surface area (Å²) in [7, 11) is 0. The molecular formula is C27H33F3O3. The van der Waals surface area contributed by atoms with Gasteiger partial charge in [0.25, 0.3) is 0 Å². The molecule has 180 valence electrons. The van der Waals surface area contributed by atoms with Crippen LogP contribution in [0.2, 0.25) is 0 Å². The quantitative estimate of drug-likeness (QED) is 0.355. The lowest BCUT2D eigenvalue weighted by molar-refractivity contribution is -0.358. The van der Waals surface area contributed by atoms with Gasteiger partial charge in [0.1, 0.15) is 6.10 Å². The number of halogens is 3. The largest absolute Gasteiger partial charge is 0.522 e. The number of carbonyl (C=O) groups excluding carboxylic acids is 1. The average Bonchev–Trinajstić information content (AvgIpc) is 2.80. The van der Waals surface area contributed by atoms with Gasteiger partial charge in [0.2, 0.25) is 0 Å². The maximum atomic E-state index is 13.1. The molecule has 1 atom stereocenters. The summed E-state index contributed by atoms with van der Waals surface area (Å²) in [5.74, 6) is -0.390. The minimum absolute atomic E-state index is 0.288. The first-order valence-corrected chi connectivity index (χ1v) is 11.9. The summed E-state index contributed by atoms with van der Waals surface area (Å²) in [4.78, 5) is 12.7. The Bertz CT molecular complexity index is 870. The average molecular weight is 463 g/mol. The zero-order valence-corrected chi connectivity index (χ0v) is 19.4. The van der Waals surface area contributed by atoms with E-state index in [0.29, 0.717) is 50.5 Å². The number of rotatable bonds is 9. The van der Waals surface area contributed by atoms with Gasteiger partial charge in [-0.1, -0.05) is 69.2 Å². The third kappa shape index (κ3) is 6.83. The second kappa shape index (κ2) is 11.2. The summed E-state index contributed by atoms with van der Waals surface area (Å²) >= 11 is 0. The Morgan fingerprint density at radius 2 is 1.58 bits per heavy atom. The maximum absolute atomic E-state index is 13.1. The number of hydrogen-bond donors (Lipinski definition) is 0. The van der Waals surface area contributed by atoms with Crippen molar-refractivity contribution >= 4 is 5.97 Å². The Balaban J connectivity index is 1.62. The fraction of sp³-hybridized carbons (Fsp3) is 0.519. The van der Waals surface area contributed by atoms with Crippen molar-refractivity contribution < 1.29 is 27.4 Å². The van der Waals surface area contributed by atoms with Crippen LogP contribution in [0.1, 0.15) is 75.6 Å². The Hall–Kier alpha value is -2.34. The van der Waals surface area contributed by atoms with Crippen molar-refractivity contribution in [2.75, 3.05) is 0 Å². The Labute approximate surface area is 194 Å². The molecule has 0 bridgehead atoms. The lowest BCUT2D eigenvalue weighted by atomic mass is 9.66. The van der Waals surface area contributed by atoms with E-state index >= 15 is 0 Å². The second-order valence-corrected chi connectivity index (χ2v) is 9.00. The van der Waals surface area contributed by atoms with E-state index in [-0.39, 0.29) is 12.1 Å². The molecule has 0 aliphatic heterocycles. The molecule has 3 nitrogen and oxygen atoms in total. The molecule has 1 unspecified atom stereocenters. The number of benzene rings is 2. The van der Waals surface area contributed by atoms with E-state index in [4.69, 9.17) is 4.74 Å². The van der Waals surface area contributed by atoms with Crippen LogP contribution in [0.3, 0.4) is 0 Å². The van der Waals surface area contributed by atoms with Crippen molar-refractivity contribution in [3.05, 3.63) is 60.2 Å². The Morgan fingerprint density at radius 1 is 0.970 bits per heavy atom. The molecule has 2 aromatic rings. The molecule has 33 heavy (non-hydrogen) atoms. The van der Waals surface area contributed by atoms with Crippen LogP contribution in [0.25, 0.3) is 11.1 Å². The van der Waals surface area contributed by atoms with Gasteiger partial charge in [0.05, 0.1) is 11.7 Å². The number of hydrogen-bond acceptors (Lipinski definition) is 3. The van der Waals surface area contributed by atoms with Crippen LogP contribution in [0.5, 0.6) is 0 Å². The van der Waals surface area contributed by atoms with Gasteiger partial charge >= 0.3 is 12.3 Å². The third-order valence-corrected chi connectivity index (χ3v) is 6.69. The molecule has 1 aliphatic carbocycles. The molecule has 0 spiro atoms. The highest BCUT2D eigenvalue weighted by molar-refractivity contribution is 5.90. The molecular weight excluding hydrogens is 429 g/mol. The molecule has 2 aromatic carbocycles. The van der Waals surface area contributed by atoms with E-state index in [0.717, 1.165) is 17.5 Å². The lowest BCUT2D eigenvalue weighted by Crippen LogP contribution is -2.44. The highest BCUT2D eigenvalue weighted by atomic mass is 19.4. The van der Waals surface area contributed by atoms with Gasteiger partial charge in [-0.25, -0.2) is 4.79 Å². The Kier molecular flexibility index (Phi) is 8.57. The van der Waals surface area contributed by atoms with Crippen molar-refractivity contribution in [3.8, 4) is 11.1 Å². The first-order chi connectivity index (χ1) is 15.8. The molecule has 3 rings (SSSR count). The van der Waals surface area contributed by atoms with Crippen LogP contribution in [-0.2, 0) is 9.47 Å². The van der Waals surface area contributed by atoms with E-state index in [9.17, 15) is 18.0 Å². The van der Waals surface area contributed by atoms with Gasteiger partial charge in [0, 0.05) is 0 Å². The monoisotopic (exact) mass is 462 g/mol. The highest BCUT2D eigenvalue weighted by Gasteiger charge is 2.46. The number of alkyl halides is 3. The van der Waals surface area contributed by atoms with Crippen LogP contribution < -0.4 is 0 Å². The molecule has 1 fully saturated rings. The van der Waals surface area contributed by atoms with Crippen LogP contribution in [0.4, 0.5) is 13.2 Å². The van der Waals surface area contributed by atoms with Gasteiger partial charge in [-0.2, -0.15) is 0 Å². The van der Waals surface area contributed by atoms with Crippen LogP contribution >= 0.6 is 0 Å². The first-order valence-electron chi connectivity index (χ1n) is 11.9. The van der Waals surface area contributed by atoms with E-state index in [1.807, 2.05) is 56.3 Å². The smallest absolute Gasteiger partial charge is 0.459 e. The van der Waals surface area contributed by atoms with Gasteiger partial charge in [-0.05, 0) is 67.2 Å². The van der Waals surface area contributed by atoms with E-state index < -0.39 is 17.9 Å².